The summed E-state index contributed by atoms with van der Waals surface area (Å²) >= 11 is 0. The molecule has 0 heterocycles. The molecule has 0 saturated heterocycles. The Bertz CT molecular complexity index is 689. The molecule has 1 aromatic rings. The summed E-state index contributed by atoms with van der Waals surface area (Å²) in [5, 5.41) is 27.6. The number of nitro groups is 2. The molecule has 0 aliphatic heterocycles. The Morgan fingerprint density at radius 3 is 1.71 bits per heavy atom. The molecule has 0 aliphatic carbocycles. The van der Waals surface area contributed by atoms with E-state index >= 15 is 0 Å². The first-order valence-corrected chi connectivity index (χ1v) is 8.42. The van der Waals surface area contributed by atoms with Gasteiger partial charge in [0.15, 0.2) is 5.69 Å². The van der Waals surface area contributed by atoms with Crippen molar-refractivity contribution < 1.29 is 49.2 Å². The van der Waals surface area contributed by atoms with Crippen molar-refractivity contribution >= 4 is 27.1 Å². The summed E-state index contributed by atoms with van der Waals surface area (Å²) in [4.78, 5) is 21.8. The zero-order chi connectivity index (χ0) is 17.8. The van der Waals surface area contributed by atoms with Gasteiger partial charge in [-0.25, -0.2) is 13.6 Å². The van der Waals surface area contributed by atoms with Gasteiger partial charge < -0.3 is 6.33 Å². The normalized spacial score (nSPS) is 10.8. The van der Waals surface area contributed by atoms with Crippen LogP contribution in [-0.4, -0.2) is 31.4 Å². The molecule has 2 N–H and O–H groups in total. The monoisotopic (exact) mass is 370 g/mol. The van der Waals surface area contributed by atoms with Crippen molar-refractivity contribution in [2.45, 2.75) is 31.6 Å². The maximum Gasteiger partial charge on any atom is 1.00 e. The summed E-state index contributed by atoms with van der Waals surface area (Å²) < 4.78 is 22.9. The third-order valence-corrected chi connectivity index (χ3v) is 3.96. The fourth-order valence-electron chi connectivity index (χ4n) is 2.22. The largest absolute Gasteiger partial charge is 1.00 e. The van der Waals surface area contributed by atoms with E-state index in [0.29, 0.717) is 25.9 Å². The average Bonchev–Trinajstić information content (AvgIpc) is 2.44. The van der Waals surface area contributed by atoms with E-state index in [1.807, 2.05) is 13.8 Å². The van der Waals surface area contributed by atoms with Gasteiger partial charge in [-0.3, -0.25) is 20.2 Å². The summed E-state index contributed by atoms with van der Waals surface area (Å²) in [7, 11) is -4.31. The smallest absolute Gasteiger partial charge is 1.00 e. The molecule has 0 fully saturated rings. The van der Waals surface area contributed by atoms with Gasteiger partial charge in [0, 0.05) is 25.2 Å². The van der Waals surface area contributed by atoms with E-state index in [1.54, 1.807) is 0 Å². The molecule has 1 aromatic carbocycles. The third kappa shape index (κ3) is 5.38. The molecule has 0 aliphatic rings. The van der Waals surface area contributed by atoms with Crippen molar-refractivity contribution in [1.82, 2.24) is 0 Å². The molecule has 1 rings (SSSR count). The number of nitrogens with zero attached hydrogens (tertiary/aromatic N) is 3. The van der Waals surface area contributed by atoms with E-state index in [4.69, 9.17) is 5.14 Å². The van der Waals surface area contributed by atoms with Crippen LogP contribution in [0.2, 0.25) is 0 Å². The molecule has 0 saturated carbocycles. The van der Waals surface area contributed by atoms with Gasteiger partial charge in [-0.05, 0) is 12.8 Å². The molecule has 130 valence electrons. The number of nitrogens with two attached hydrogens (primary N) is 1. The van der Waals surface area contributed by atoms with Crippen molar-refractivity contribution in [2.24, 2.45) is 5.14 Å². The van der Waals surface area contributed by atoms with Crippen molar-refractivity contribution in [3.8, 4) is 0 Å². The minimum absolute atomic E-state index is 0. The molecule has 10 nitrogen and oxygen atoms in total. The summed E-state index contributed by atoms with van der Waals surface area (Å²) in [6.45, 7) is 4.40. The predicted molar refractivity (Wildman–Crippen MR) is 85.0 cm³/mol. The molecule has 0 unspecified atom stereocenters. The summed E-state index contributed by atoms with van der Waals surface area (Å²) in [6, 6.07) is 1.52. The number of hydrogen-bond donors (Lipinski definition) is 1. The fraction of sp³-hybridized carbons (Fsp3) is 0.500. The second kappa shape index (κ2) is 9.28. The second-order valence-electron chi connectivity index (χ2n) is 4.86. The van der Waals surface area contributed by atoms with Gasteiger partial charge in [0.2, 0.25) is 10.0 Å². The van der Waals surface area contributed by atoms with Gasteiger partial charge in [0.05, 0.1) is 14.7 Å². The van der Waals surface area contributed by atoms with Crippen LogP contribution in [0, 0.1) is 20.2 Å². The molecular formula is C12H19N4NaO6S. The van der Waals surface area contributed by atoms with Crippen LogP contribution >= 0.6 is 0 Å². The molecule has 0 amide bonds. The zero-order valence-corrected chi connectivity index (χ0v) is 16.6. The standard InChI is InChI=1S/C12H18N4O6S.Na.H/c1-3-5-14(6-4-2)12-10(15(17)18)7-9(23(13,21)22)8-11(12)16(19)20;;/h7-8H,3-6H2,1-2H3,(H2,13,21,22);;/q;+1;-1. The fourth-order valence-corrected chi connectivity index (χ4v) is 2.77. The molecular weight excluding hydrogens is 351 g/mol. The Hall–Kier alpha value is -1.27. The van der Waals surface area contributed by atoms with Crippen molar-refractivity contribution in [1.29, 1.82) is 0 Å². The van der Waals surface area contributed by atoms with E-state index in [-0.39, 0.29) is 36.7 Å². The van der Waals surface area contributed by atoms with Crippen LogP contribution in [0.15, 0.2) is 17.0 Å². The van der Waals surface area contributed by atoms with Gasteiger partial charge in [-0.1, -0.05) is 13.8 Å². The number of benzene rings is 1. The van der Waals surface area contributed by atoms with Crippen LogP contribution in [0.3, 0.4) is 0 Å². The number of rotatable bonds is 8. The number of anilines is 1. The molecule has 0 spiro atoms. The minimum atomic E-state index is -4.31. The van der Waals surface area contributed by atoms with Crippen molar-refractivity contribution in [2.75, 3.05) is 18.0 Å². The summed E-state index contributed by atoms with van der Waals surface area (Å²) in [6.07, 6.45) is 1.23. The Morgan fingerprint density at radius 2 is 1.46 bits per heavy atom. The van der Waals surface area contributed by atoms with Crippen LogP contribution in [0.5, 0.6) is 0 Å². The Morgan fingerprint density at radius 1 is 1.08 bits per heavy atom. The predicted octanol–water partition coefficient (Wildman–Crippen LogP) is -1.11. The van der Waals surface area contributed by atoms with Crippen LogP contribution in [0.1, 0.15) is 28.1 Å². The van der Waals surface area contributed by atoms with Crippen LogP contribution < -0.4 is 39.6 Å². The number of hydrogen-bond acceptors (Lipinski definition) is 7. The molecule has 12 heteroatoms. The maximum atomic E-state index is 11.4. The first-order chi connectivity index (χ1) is 10.6. The van der Waals surface area contributed by atoms with E-state index in [9.17, 15) is 28.6 Å². The Labute approximate surface area is 163 Å². The van der Waals surface area contributed by atoms with Gasteiger partial charge in [0.1, 0.15) is 0 Å². The van der Waals surface area contributed by atoms with E-state index < -0.39 is 36.1 Å². The molecule has 24 heavy (non-hydrogen) atoms. The van der Waals surface area contributed by atoms with E-state index in [0.717, 1.165) is 12.1 Å². The SMILES string of the molecule is CCCN(CCC)c1c([N+](=O)[O-])cc(S(N)(=O)=O)cc1[N+](=O)[O-].[H-].[Na+]. The van der Waals surface area contributed by atoms with Crippen molar-refractivity contribution in [3.63, 3.8) is 0 Å². The summed E-state index contributed by atoms with van der Waals surface area (Å²) in [5.74, 6) is 0. The first kappa shape index (κ1) is 22.7. The molecule has 0 atom stereocenters. The topological polar surface area (TPSA) is 150 Å². The number of nitro benzene ring substituents is 2. The van der Waals surface area contributed by atoms with Crippen LogP contribution in [-0.2, 0) is 10.0 Å². The van der Waals surface area contributed by atoms with E-state index in [1.165, 1.54) is 4.90 Å². The second-order valence-corrected chi connectivity index (χ2v) is 6.42. The zero-order valence-electron chi connectivity index (χ0n) is 14.8. The van der Waals surface area contributed by atoms with Crippen LogP contribution in [0.4, 0.5) is 17.1 Å². The minimum Gasteiger partial charge on any atom is -1.00 e. The Kier molecular flexibility index (Phi) is 8.78. The average molecular weight is 370 g/mol. The summed E-state index contributed by atoms with van der Waals surface area (Å²) in [5.41, 5.74) is -1.49. The van der Waals surface area contributed by atoms with Gasteiger partial charge in [-0.2, -0.15) is 0 Å². The van der Waals surface area contributed by atoms with Gasteiger partial charge in [-0.15, -0.1) is 0 Å². The number of sulfonamides is 1. The quantitative estimate of drug-likeness (QED) is 0.346. The Balaban J connectivity index is 0. The molecule has 0 aromatic heterocycles. The van der Waals surface area contributed by atoms with Gasteiger partial charge >= 0.3 is 40.9 Å². The van der Waals surface area contributed by atoms with Crippen LogP contribution in [0.25, 0.3) is 0 Å². The third-order valence-electron chi connectivity index (χ3n) is 3.07. The number of primary sulfonamides is 1. The first-order valence-electron chi connectivity index (χ1n) is 6.88. The van der Waals surface area contributed by atoms with Crippen molar-refractivity contribution in [3.05, 3.63) is 32.4 Å². The molecule has 0 bridgehead atoms. The van der Waals surface area contributed by atoms with Gasteiger partial charge in [0.25, 0.3) is 0 Å². The van der Waals surface area contributed by atoms with E-state index in [2.05, 4.69) is 0 Å². The maximum absolute atomic E-state index is 11.4. The molecule has 0 radical (unpaired) electrons.